The van der Waals surface area contributed by atoms with Gasteiger partial charge < -0.3 is 19.2 Å². The minimum atomic E-state index is -4.07. The molecule has 1 amide bonds. The highest BCUT2D eigenvalue weighted by atomic mass is 32.2. The van der Waals surface area contributed by atoms with Gasteiger partial charge in [0.05, 0.1) is 35.5 Å². The molecule has 0 unspecified atom stereocenters. The van der Waals surface area contributed by atoms with E-state index in [-0.39, 0.29) is 16.3 Å². The van der Waals surface area contributed by atoms with Gasteiger partial charge in [-0.2, -0.15) is 0 Å². The Bertz CT molecular complexity index is 1960. The largest absolute Gasteiger partial charge is 0.378 e. The molecule has 1 aliphatic heterocycles. The van der Waals surface area contributed by atoms with E-state index in [4.69, 9.17) is 4.74 Å². The number of amides is 1. The quantitative estimate of drug-likeness (QED) is 0.296. The lowest BCUT2D eigenvalue weighted by molar-refractivity contribution is 0.0304. The number of imidazole rings is 1. The van der Waals surface area contributed by atoms with Crippen LogP contribution in [0.1, 0.15) is 22.3 Å². The highest BCUT2D eigenvalue weighted by Gasteiger charge is 2.26. The summed E-state index contributed by atoms with van der Waals surface area (Å²) >= 11 is 0. The van der Waals surface area contributed by atoms with Gasteiger partial charge in [0.1, 0.15) is 11.0 Å². The third-order valence-electron chi connectivity index (χ3n) is 7.41. The summed E-state index contributed by atoms with van der Waals surface area (Å²) in [4.78, 5) is 36.7. The molecule has 11 heteroatoms. The number of pyridine rings is 1. The average molecular weight is 572 g/mol. The minimum Gasteiger partial charge on any atom is -0.378 e. The zero-order valence-corrected chi connectivity index (χ0v) is 23.4. The Kier molecular flexibility index (Phi) is 6.84. The van der Waals surface area contributed by atoms with Crippen LogP contribution in [0, 0.1) is 6.92 Å². The molecule has 1 N–H and O–H groups in total. The second kappa shape index (κ2) is 10.5. The fourth-order valence-electron chi connectivity index (χ4n) is 5.22. The molecule has 0 bridgehead atoms. The highest BCUT2D eigenvalue weighted by molar-refractivity contribution is 7.90. The molecule has 1 saturated heterocycles. The fourth-order valence-corrected chi connectivity index (χ4v) is 6.56. The third-order valence-corrected chi connectivity index (χ3v) is 9.10. The summed E-state index contributed by atoms with van der Waals surface area (Å²) in [5, 5.41) is 0.462. The molecule has 210 valence electrons. The van der Waals surface area contributed by atoms with Crippen molar-refractivity contribution in [3.05, 3.63) is 95.3 Å². The molecule has 0 atom stereocenters. The van der Waals surface area contributed by atoms with Crippen LogP contribution in [0.2, 0.25) is 0 Å². The van der Waals surface area contributed by atoms with E-state index in [0.717, 1.165) is 9.54 Å². The van der Waals surface area contributed by atoms with Crippen LogP contribution in [0.3, 0.4) is 0 Å². The summed E-state index contributed by atoms with van der Waals surface area (Å²) in [6.45, 7) is 7.84. The summed E-state index contributed by atoms with van der Waals surface area (Å²) in [6.07, 6.45) is 6.88. The number of carbonyl (C=O) groups is 1. The lowest BCUT2D eigenvalue weighted by Crippen LogP contribution is -2.40. The van der Waals surface area contributed by atoms with Crippen LogP contribution in [-0.2, 0) is 21.3 Å². The molecule has 0 spiro atoms. The van der Waals surface area contributed by atoms with Gasteiger partial charge in [-0.15, -0.1) is 6.58 Å². The summed E-state index contributed by atoms with van der Waals surface area (Å²) in [5.74, 6) is -0.164. The SMILES string of the molecule is C=CCCn1cc(-c2cc(C(=O)N3CCOCC3)c3nc[nH]c3c2)c2ccn(S(=O)(=O)c3ccc(C)cc3)c2c1=O. The lowest BCUT2D eigenvalue weighted by atomic mass is 9.99. The number of rotatable bonds is 7. The second-order valence-electron chi connectivity index (χ2n) is 10.0. The van der Waals surface area contributed by atoms with Crippen molar-refractivity contribution in [1.29, 1.82) is 0 Å². The summed E-state index contributed by atoms with van der Waals surface area (Å²) in [7, 11) is -4.07. The zero-order chi connectivity index (χ0) is 28.7. The molecule has 3 aromatic heterocycles. The van der Waals surface area contributed by atoms with E-state index in [9.17, 15) is 18.0 Å². The predicted molar refractivity (Wildman–Crippen MR) is 157 cm³/mol. The number of fused-ring (bicyclic) bond motifs is 2. The maximum Gasteiger partial charge on any atom is 0.276 e. The summed E-state index contributed by atoms with van der Waals surface area (Å²) in [5.41, 5.74) is 3.42. The minimum absolute atomic E-state index is 0.0397. The first-order chi connectivity index (χ1) is 19.8. The van der Waals surface area contributed by atoms with E-state index in [2.05, 4.69) is 16.5 Å². The zero-order valence-electron chi connectivity index (χ0n) is 22.5. The third kappa shape index (κ3) is 4.66. The highest BCUT2D eigenvalue weighted by Crippen LogP contribution is 2.33. The second-order valence-corrected chi connectivity index (χ2v) is 11.9. The number of hydrogen-bond donors (Lipinski definition) is 1. The Balaban J connectivity index is 1.58. The van der Waals surface area contributed by atoms with Gasteiger partial charge >= 0.3 is 0 Å². The smallest absolute Gasteiger partial charge is 0.276 e. The van der Waals surface area contributed by atoms with Crippen LogP contribution in [0.15, 0.2) is 83.5 Å². The molecule has 1 fully saturated rings. The first-order valence-electron chi connectivity index (χ1n) is 13.3. The Morgan fingerprint density at radius 3 is 2.63 bits per heavy atom. The van der Waals surface area contributed by atoms with Gasteiger partial charge in [0.2, 0.25) is 0 Å². The molecule has 6 rings (SSSR count). The molecule has 2 aromatic carbocycles. The van der Waals surface area contributed by atoms with Crippen LogP contribution < -0.4 is 5.56 Å². The number of aromatic nitrogens is 4. The summed E-state index contributed by atoms with van der Waals surface area (Å²) < 4.78 is 35.4. The number of carbonyl (C=O) groups excluding carboxylic acids is 1. The molecule has 0 saturated carbocycles. The Morgan fingerprint density at radius 1 is 1.15 bits per heavy atom. The van der Waals surface area contributed by atoms with E-state index in [1.165, 1.54) is 29.2 Å². The fraction of sp³-hybridized carbons (Fsp3) is 0.233. The van der Waals surface area contributed by atoms with Crippen LogP contribution >= 0.6 is 0 Å². The predicted octanol–water partition coefficient (Wildman–Crippen LogP) is 3.94. The molecule has 41 heavy (non-hydrogen) atoms. The number of H-pyrrole nitrogens is 1. The number of ether oxygens (including phenoxy) is 1. The number of nitrogens with zero attached hydrogens (tertiary/aromatic N) is 4. The normalized spacial score (nSPS) is 14.1. The Morgan fingerprint density at radius 2 is 1.90 bits per heavy atom. The van der Waals surface area contributed by atoms with Gasteiger partial charge in [-0.25, -0.2) is 17.4 Å². The standard InChI is InChI=1S/C30H29N5O5S/c1-3-4-10-34-18-25(21-16-24(27-26(17-21)31-19-32-27)29(36)33-12-14-40-15-13-33)23-9-11-35(28(23)30(34)37)41(38,39)22-7-5-20(2)6-8-22/h3,5-9,11,16-19H,1,4,10,12-15H2,2H3,(H,31,32). The van der Waals surface area contributed by atoms with Gasteiger partial charge in [0.15, 0.2) is 0 Å². The van der Waals surface area contributed by atoms with Crippen LogP contribution in [0.5, 0.6) is 0 Å². The van der Waals surface area contributed by atoms with Gasteiger partial charge in [-0.05, 0) is 49.2 Å². The van der Waals surface area contributed by atoms with E-state index in [1.54, 1.807) is 41.4 Å². The molecule has 4 heterocycles. The van der Waals surface area contributed by atoms with Crippen LogP contribution in [0.4, 0.5) is 0 Å². The molecule has 0 aliphatic carbocycles. The first-order valence-corrected chi connectivity index (χ1v) is 14.8. The average Bonchev–Trinajstić information content (AvgIpc) is 3.65. The molecular formula is C30H29N5O5S. The number of hydrogen-bond acceptors (Lipinski definition) is 6. The Hall–Kier alpha value is -4.48. The van der Waals surface area contributed by atoms with Crippen molar-refractivity contribution in [2.45, 2.75) is 24.8 Å². The Labute approximate surface area is 236 Å². The first kappa shape index (κ1) is 26.7. The van der Waals surface area contributed by atoms with Gasteiger partial charge in [0, 0.05) is 43.0 Å². The van der Waals surface area contributed by atoms with Gasteiger partial charge in [-0.3, -0.25) is 9.59 Å². The van der Waals surface area contributed by atoms with E-state index >= 15 is 0 Å². The molecule has 1 aliphatic rings. The topological polar surface area (TPSA) is 119 Å². The summed E-state index contributed by atoms with van der Waals surface area (Å²) in [6, 6.07) is 11.8. The lowest BCUT2D eigenvalue weighted by Gasteiger charge is -2.27. The number of nitrogens with one attached hydrogen (secondary N) is 1. The van der Waals surface area contributed by atoms with Crippen molar-refractivity contribution >= 4 is 37.9 Å². The van der Waals surface area contributed by atoms with Gasteiger partial charge in [0.25, 0.3) is 21.5 Å². The number of allylic oxidation sites excluding steroid dienone is 1. The van der Waals surface area contributed by atoms with E-state index in [1.807, 2.05) is 13.0 Å². The number of aromatic amines is 1. The molecule has 0 radical (unpaired) electrons. The molecular weight excluding hydrogens is 542 g/mol. The van der Waals surface area contributed by atoms with Crippen LogP contribution in [-0.4, -0.2) is 64.0 Å². The number of aryl methyl sites for hydroxylation is 2. The van der Waals surface area contributed by atoms with Crippen molar-refractivity contribution in [3.8, 4) is 11.1 Å². The van der Waals surface area contributed by atoms with Crippen molar-refractivity contribution < 1.29 is 17.9 Å². The van der Waals surface area contributed by atoms with Gasteiger partial charge in [-0.1, -0.05) is 23.8 Å². The van der Waals surface area contributed by atoms with Crippen LogP contribution in [0.25, 0.3) is 33.1 Å². The number of benzene rings is 2. The van der Waals surface area contributed by atoms with Crippen molar-refractivity contribution in [1.82, 2.24) is 23.4 Å². The number of morpholine rings is 1. The van der Waals surface area contributed by atoms with E-state index in [0.29, 0.717) is 72.4 Å². The van der Waals surface area contributed by atoms with Crippen molar-refractivity contribution in [2.24, 2.45) is 0 Å². The van der Waals surface area contributed by atoms with Crippen molar-refractivity contribution in [2.75, 3.05) is 26.3 Å². The van der Waals surface area contributed by atoms with E-state index < -0.39 is 15.6 Å². The monoisotopic (exact) mass is 571 g/mol. The van der Waals surface area contributed by atoms with Crippen molar-refractivity contribution in [3.63, 3.8) is 0 Å². The maximum absolute atomic E-state index is 13.7. The molecule has 5 aromatic rings. The maximum atomic E-state index is 13.7. The molecule has 10 nitrogen and oxygen atoms in total.